The highest BCUT2D eigenvalue weighted by molar-refractivity contribution is 5.73. The Bertz CT molecular complexity index is 713. The molecule has 1 saturated heterocycles. The van der Waals surface area contributed by atoms with Crippen LogP contribution in [0.1, 0.15) is 30.0 Å². The van der Waals surface area contributed by atoms with Gasteiger partial charge in [0.15, 0.2) is 0 Å². The Labute approximate surface area is 157 Å². The molecule has 1 aliphatic rings. The van der Waals surface area contributed by atoms with E-state index in [1.165, 1.54) is 16.7 Å². The minimum atomic E-state index is 0.196. The zero-order chi connectivity index (χ0) is 18.4. The number of hydrogen-bond acceptors (Lipinski definition) is 2. The topological polar surface area (TPSA) is 32.3 Å². The van der Waals surface area contributed by atoms with Gasteiger partial charge in [-0.3, -0.25) is 4.79 Å². The smallest absolute Gasteiger partial charge is 0.219 e. The predicted octanol–water partition coefficient (Wildman–Crippen LogP) is 3.61. The molecule has 0 bridgehead atoms. The summed E-state index contributed by atoms with van der Waals surface area (Å²) in [6.45, 7) is 6.57. The molecule has 0 saturated carbocycles. The van der Waals surface area contributed by atoms with Crippen molar-refractivity contribution in [1.29, 1.82) is 0 Å². The third-order valence-corrected chi connectivity index (χ3v) is 5.58. The summed E-state index contributed by atoms with van der Waals surface area (Å²) in [6, 6.07) is 19.7. The number of benzene rings is 2. The maximum Gasteiger partial charge on any atom is 0.219 e. The molecule has 0 aliphatic carbocycles. The SMILES string of the molecule is CC(=O)N1CC[C@H](NCCc2ccccc2C)[C@H](Cc2ccccc2)C1. The molecule has 3 rings (SSSR count). The number of nitrogens with zero attached hydrogens (tertiary/aromatic N) is 1. The Balaban J connectivity index is 1.61. The fourth-order valence-corrected chi connectivity index (χ4v) is 3.99. The van der Waals surface area contributed by atoms with Crippen LogP contribution in [-0.4, -0.2) is 36.5 Å². The maximum atomic E-state index is 11.8. The molecule has 138 valence electrons. The first-order chi connectivity index (χ1) is 12.6. The van der Waals surface area contributed by atoms with E-state index in [2.05, 4.69) is 66.8 Å². The monoisotopic (exact) mass is 350 g/mol. The van der Waals surface area contributed by atoms with Gasteiger partial charge in [0, 0.05) is 26.1 Å². The van der Waals surface area contributed by atoms with Crippen LogP contribution in [0.2, 0.25) is 0 Å². The minimum Gasteiger partial charge on any atom is -0.343 e. The number of carbonyl (C=O) groups is 1. The van der Waals surface area contributed by atoms with Gasteiger partial charge in [-0.1, -0.05) is 54.6 Å². The van der Waals surface area contributed by atoms with Crippen LogP contribution in [0.5, 0.6) is 0 Å². The van der Waals surface area contributed by atoms with Crippen LogP contribution in [0.15, 0.2) is 54.6 Å². The largest absolute Gasteiger partial charge is 0.343 e. The van der Waals surface area contributed by atoms with E-state index in [1.54, 1.807) is 6.92 Å². The third-order valence-electron chi connectivity index (χ3n) is 5.58. The molecule has 0 aromatic heterocycles. The lowest BCUT2D eigenvalue weighted by molar-refractivity contribution is -0.131. The minimum absolute atomic E-state index is 0.196. The Hall–Kier alpha value is -2.13. The molecule has 1 aliphatic heterocycles. The molecule has 2 aromatic carbocycles. The molecule has 1 fully saturated rings. The number of hydrogen-bond donors (Lipinski definition) is 1. The standard InChI is InChI=1S/C23H30N2O/c1-18-8-6-7-11-21(18)12-14-24-23-13-15-25(19(2)26)17-22(23)16-20-9-4-3-5-10-20/h3-11,22-24H,12-17H2,1-2H3/t22-,23+/m1/s1. The molecule has 2 aromatic rings. The molecule has 1 amide bonds. The number of rotatable bonds is 6. The second kappa shape index (κ2) is 9.00. The fraction of sp³-hybridized carbons (Fsp3) is 0.435. The maximum absolute atomic E-state index is 11.8. The highest BCUT2D eigenvalue weighted by Gasteiger charge is 2.30. The molecule has 3 heteroatoms. The van der Waals surface area contributed by atoms with Crippen molar-refractivity contribution in [3.8, 4) is 0 Å². The van der Waals surface area contributed by atoms with Gasteiger partial charge >= 0.3 is 0 Å². The summed E-state index contributed by atoms with van der Waals surface area (Å²) >= 11 is 0. The molecule has 2 atom stereocenters. The summed E-state index contributed by atoms with van der Waals surface area (Å²) in [5, 5.41) is 3.79. The Morgan fingerprint density at radius 1 is 1.12 bits per heavy atom. The van der Waals surface area contributed by atoms with Crippen molar-refractivity contribution in [2.45, 2.75) is 39.2 Å². The van der Waals surface area contributed by atoms with Crippen molar-refractivity contribution in [2.75, 3.05) is 19.6 Å². The van der Waals surface area contributed by atoms with Gasteiger partial charge in [0.1, 0.15) is 0 Å². The van der Waals surface area contributed by atoms with Crippen molar-refractivity contribution in [1.82, 2.24) is 10.2 Å². The first-order valence-electron chi connectivity index (χ1n) is 9.71. The summed E-state index contributed by atoms with van der Waals surface area (Å²) in [5.41, 5.74) is 4.14. The van der Waals surface area contributed by atoms with Gasteiger partial charge in [0.25, 0.3) is 0 Å². The second-order valence-corrected chi connectivity index (χ2v) is 7.44. The van der Waals surface area contributed by atoms with E-state index in [-0.39, 0.29) is 5.91 Å². The molecule has 3 nitrogen and oxygen atoms in total. The van der Waals surface area contributed by atoms with Crippen LogP contribution in [0.25, 0.3) is 0 Å². The number of aryl methyl sites for hydroxylation is 1. The van der Waals surface area contributed by atoms with Gasteiger partial charge in [-0.2, -0.15) is 0 Å². The number of nitrogens with one attached hydrogen (secondary N) is 1. The lowest BCUT2D eigenvalue weighted by Crippen LogP contribution is -2.51. The highest BCUT2D eigenvalue weighted by atomic mass is 16.2. The fourth-order valence-electron chi connectivity index (χ4n) is 3.99. The van der Waals surface area contributed by atoms with E-state index in [9.17, 15) is 4.79 Å². The van der Waals surface area contributed by atoms with Crippen LogP contribution >= 0.6 is 0 Å². The molecule has 0 unspecified atom stereocenters. The molecule has 0 radical (unpaired) electrons. The summed E-state index contributed by atoms with van der Waals surface area (Å²) < 4.78 is 0. The van der Waals surface area contributed by atoms with Gasteiger partial charge in [-0.15, -0.1) is 0 Å². The normalized spacial score (nSPS) is 20.2. The first-order valence-corrected chi connectivity index (χ1v) is 9.71. The van der Waals surface area contributed by atoms with Crippen LogP contribution in [0.4, 0.5) is 0 Å². The van der Waals surface area contributed by atoms with E-state index >= 15 is 0 Å². The number of amides is 1. The molecule has 26 heavy (non-hydrogen) atoms. The van der Waals surface area contributed by atoms with E-state index in [0.717, 1.165) is 38.9 Å². The highest BCUT2D eigenvalue weighted by Crippen LogP contribution is 2.22. The number of piperidine rings is 1. The average molecular weight is 351 g/mol. The summed E-state index contributed by atoms with van der Waals surface area (Å²) in [6.07, 6.45) is 3.11. The van der Waals surface area contributed by atoms with Crippen molar-refractivity contribution >= 4 is 5.91 Å². The first kappa shape index (κ1) is 18.7. The van der Waals surface area contributed by atoms with Crippen molar-refractivity contribution in [3.05, 3.63) is 71.3 Å². The molecule has 1 heterocycles. The zero-order valence-electron chi connectivity index (χ0n) is 15.9. The Morgan fingerprint density at radius 2 is 1.85 bits per heavy atom. The van der Waals surface area contributed by atoms with Gasteiger partial charge in [-0.05, 0) is 55.3 Å². The van der Waals surface area contributed by atoms with Crippen LogP contribution < -0.4 is 5.32 Å². The van der Waals surface area contributed by atoms with E-state index in [1.807, 2.05) is 4.90 Å². The van der Waals surface area contributed by atoms with E-state index < -0.39 is 0 Å². The lowest BCUT2D eigenvalue weighted by atomic mass is 9.86. The third kappa shape index (κ3) is 4.95. The second-order valence-electron chi connectivity index (χ2n) is 7.44. The summed E-state index contributed by atoms with van der Waals surface area (Å²) in [7, 11) is 0. The van der Waals surface area contributed by atoms with Crippen LogP contribution in [0, 0.1) is 12.8 Å². The van der Waals surface area contributed by atoms with E-state index in [0.29, 0.717) is 12.0 Å². The Morgan fingerprint density at radius 3 is 2.58 bits per heavy atom. The van der Waals surface area contributed by atoms with Crippen molar-refractivity contribution in [2.24, 2.45) is 5.92 Å². The number of carbonyl (C=O) groups excluding carboxylic acids is 1. The van der Waals surface area contributed by atoms with Crippen LogP contribution in [0.3, 0.4) is 0 Å². The lowest BCUT2D eigenvalue weighted by Gasteiger charge is -2.39. The van der Waals surface area contributed by atoms with Gasteiger partial charge < -0.3 is 10.2 Å². The summed E-state index contributed by atoms with van der Waals surface area (Å²) in [4.78, 5) is 13.9. The molecular weight excluding hydrogens is 320 g/mol. The van der Waals surface area contributed by atoms with E-state index in [4.69, 9.17) is 0 Å². The molecule has 0 spiro atoms. The van der Waals surface area contributed by atoms with Crippen molar-refractivity contribution < 1.29 is 4.79 Å². The van der Waals surface area contributed by atoms with Crippen LogP contribution in [-0.2, 0) is 17.6 Å². The molecular formula is C23H30N2O. The Kier molecular flexibility index (Phi) is 6.45. The zero-order valence-corrected chi connectivity index (χ0v) is 15.9. The quantitative estimate of drug-likeness (QED) is 0.863. The number of likely N-dealkylation sites (tertiary alicyclic amines) is 1. The molecule has 1 N–H and O–H groups in total. The van der Waals surface area contributed by atoms with Gasteiger partial charge in [0.05, 0.1) is 0 Å². The average Bonchev–Trinajstić information content (AvgIpc) is 2.65. The summed E-state index contributed by atoms with van der Waals surface area (Å²) in [5.74, 6) is 0.661. The van der Waals surface area contributed by atoms with Gasteiger partial charge in [-0.25, -0.2) is 0 Å². The van der Waals surface area contributed by atoms with Gasteiger partial charge in [0.2, 0.25) is 5.91 Å². The predicted molar refractivity (Wildman–Crippen MR) is 107 cm³/mol. The van der Waals surface area contributed by atoms with Crippen molar-refractivity contribution in [3.63, 3.8) is 0 Å².